The monoisotopic (exact) mass is 316 g/mol. The van der Waals surface area contributed by atoms with Crippen molar-refractivity contribution in [1.82, 2.24) is 0 Å². The van der Waals surface area contributed by atoms with Crippen molar-refractivity contribution in [3.05, 3.63) is 0 Å². The molecule has 2 rings (SSSR count). The van der Waals surface area contributed by atoms with Gasteiger partial charge in [-0.2, -0.15) is 0 Å². The third kappa shape index (κ3) is 3.57. The zero-order chi connectivity index (χ0) is 16.3. The number of fused-ring (bicyclic) bond motifs is 1. The molecule has 0 aliphatic carbocycles. The Bertz CT molecular complexity index is 380. The van der Waals surface area contributed by atoms with Crippen molar-refractivity contribution in [2.75, 3.05) is 13.2 Å². The second kappa shape index (κ2) is 7.36. The number of esters is 2. The maximum Gasteiger partial charge on any atom is 0.323 e. The molecule has 0 aromatic heterocycles. The molecule has 2 saturated heterocycles. The van der Waals surface area contributed by atoms with Crippen LogP contribution in [0.25, 0.3) is 0 Å². The van der Waals surface area contributed by atoms with Crippen LogP contribution in [-0.4, -0.2) is 61.7 Å². The lowest BCUT2D eigenvalue weighted by molar-refractivity contribution is -0.157. The van der Waals surface area contributed by atoms with Crippen LogP contribution in [0.5, 0.6) is 0 Å². The maximum absolute atomic E-state index is 11.7. The topological polar surface area (TPSA) is 123 Å². The molecule has 0 amide bonds. The van der Waals surface area contributed by atoms with Gasteiger partial charge in [-0.15, -0.1) is 0 Å². The van der Waals surface area contributed by atoms with Gasteiger partial charge in [-0.25, -0.2) is 0 Å². The van der Waals surface area contributed by atoms with E-state index in [1.54, 1.807) is 13.8 Å². The Kier molecular flexibility index (Phi) is 5.74. The Labute approximate surface area is 129 Å². The van der Waals surface area contributed by atoms with Gasteiger partial charge in [0.25, 0.3) is 0 Å². The first-order valence-electron chi connectivity index (χ1n) is 7.63. The summed E-state index contributed by atoms with van der Waals surface area (Å²) in [7, 11) is 0. The minimum atomic E-state index is -0.656. The summed E-state index contributed by atoms with van der Waals surface area (Å²) in [4.78, 5) is 23.5. The fourth-order valence-corrected chi connectivity index (χ4v) is 2.44. The molecule has 8 nitrogen and oxygen atoms in total. The van der Waals surface area contributed by atoms with Crippen LogP contribution in [0.3, 0.4) is 0 Å². The number of hydrogen-bond donors (Lipinski definition) is 2. The molecule has 22 heavy (non-hydrogen) atoms. The second-order valence-electron chi connectivity index (χ2n) is 5.58. The summed E-state index contributed by atoms with van der Waals surface area (Å²) in [6.45, 7) is 4.01. The first-order chi connectivity index (χ1) is 10.5. The average Bonchev–Trinajstić information content (AvgIpc) is 3.09. The largest absolute Gasteiger partial charge is 0.456 e. The Balaban J connectivity index is 1.89. The molecule has 2 heterocycles. The van der Waals surface area contributed by atoms with Crippen LogP contribution < -0.4 is 11.5 Å². The van der Waals surface area contributed by atoms with Crippen molar-refractivity contribution in [2.45, 2.75) is 63.2 Å². The van der Waals surface area contributed by atoms with Crippen molar-refractivity contribution in [1.29, 1.82) is 0 Å². The van der Waals surface area contributed by atoms with Gasteiger partial charge >= 0.3 is 11.9 Å². The Morgan fingerprint density at radius 3 is 1.64 bits per heavy atom. The molecule has 4 N–H and O–H groups in total. The number of rotatable bonds is 6. The predicted molar refractivity (Wildman–Crippen MR) is 75.8 cm³/mol. The molecule has 8 heteroatoms. The fraction of sp³-hybridized carbons (Fsp3) is 0.857. The van der Waals surface area contributed by atoms with E-state index in [1.165, 1.54) is 0 Å². The van der Waals surface area contributed by atoms with Gasteiger partial charge < -0.3 is 30.4 Å². The Hall–Kier alpha value is -1.22. The lowest BCUT2D eigenvalue weighted by atomic mass is 10.1. The van der Waals surface area contributed by atoms with Gasteiger partial charge in [-0.1, -0.05) is 13.8 Å². The summed E-state index contributed by atoms with van der Waals surface area (Å²) in [6.07, 6.45) is -0.947. The minimum absolute atomic E-state index is 0.200. The van der Waals surface area contributed by atoms with Gasteiger partial charge in [0.15, 0.2) is 12.2 Å². The lowest BCUT2D eigenvalue weighted by Crippen LogP contribution is -2.41. The molecule has 2 aliphatic heterocycles. The molecule has 0 spiro atoms. The molecule has 0 aromatic rings. The van der Waals surface area contributed by atoms with Gasteiger partial charge in [-0.05, 0) is 12.8 Å². The summed E-state index contributed by atoms with van der Waals surface area (Å²) in [6, 6.07) is -1.31. The first kappa shape index (κ1) is 17.1. The van der Waals surface area contributed by atoms with E-state index < -0.39 is 48.4 Å². The van der Waals surface area contributed by atoms with Crippen LogP contribution in [0.4, 0.5) is 0 Å². The van der Waals surface area contributed by atoms with Gasteiger partial charge in [-0.3, -0.25) is 9.59 Å². The van der Waals surface area contributed by atoms with Gasteiger partial charge in [0.05, 0.1) is 13.2 Å². The molecule has 6 atom stereocenters. The molecule has 0 saturated carbocycles. The van der Waals surface area contributed by atoms with Crippen molar-refractivity contribution in [3.63, 3.8) is 0 Å². The van der Waals surface area contributed by atoms with Crippen LogP contribution >= 0.6 is 0 Å². The molecule has 0 radical (unpaired) electrons. The summed E-state index contributed by atoms with van der Waals surface area (Å²) >= 11 is 0. The van der Waals surface area contributed by atoms with E-state index in [9.17, 15) is 9.59 Å². The molecule has 0 bridgehead atoms. The minimum Gasteiger partial charge on any atom is -0.456 e. The normalized spacial score (nSPS) is 33.1. The highest BCUT2D eigenvalue weighted by atomic mass is 16.7. The van der Waals surface area contributed by atoms with Crippen LogP contribution in [0.15, 0.2) is 0 Å². The van der Waals surface area contributed by atoms with Crippen molar-refractivity contribution >= 4 is 11.9 Å². The number of carbonyl (C=O) groups is 2. The average molecular weight is 316 g/mol. The molecule has 2 fully saturated rings. The van der Waals surface area contributed by atoms with E-state index in [0.717, 1.165) is 0 Å². The highest BCUT2D eigenvalue weighted by Gasteiger charge is 2.51. The zero-order valence-electron chi connectivity index (χ0n) is 12.9. The first-order valence-corrected chi connectivity index (χ1v) is 7.63. The fourth-order valence-electron chi connectivity index (χ4n) is 2.44. The van der Waals surface area contributed by atoms with Crippen molar-refractivity contribution < 1.29 is 28.5 Å². The van der Waals surface area contributed by atoms with Crippen molar-refractivity contribution in [3.8, 4) is 0 Å². The van der Waals surface area contributed by atoms with Gasteiger partial charge in [0, 0.05) is 0 Å². The number of carbonyl (C=O) groups excluding carboxylic acids is 2. The standard InChI is InChI=1S/C14H24N2O6/c1-3-7(15)13(17)21-9-5-19-12-10(6-20-11(9)12)22-14(18)8(16)4-2/h7-12H,3-6,15-16H2,1-2H3/t7?,8?,9-,10?,11?,12?/m1/s1. The third-order valence-electron chi connectivity index (χ3n) is 3.98. The highest BCUT2D eigenvalue weighted by Crippen LogP contribution is 2.31. The Morgan fingerprint density at radius 1 is 0.955 bits per heavy atom. The van der Waals surface area contributed by atoms with E-state index in [-0.39, 0.29) is 13.2 Å². The van der Waals surface area contributed by atoms with E-state index in [4.69, 9.17) is 30.4 Å². The second-order valence-corrected chi connectivity index (χ2v) is 5.58. The quantitative estimate of drug-likeness (QED) is 0.603. The van der Waals surface area contributed by atoms with E-state index >= 15 is 0 Å². The van der Waals surface area contributed by atoms with E-state index in [1.807, 2.05) is 0 Å². The van der Waals surface area contributed by atoms with Crippen LogP contribution in [0.1, 0.15) is 26.7 Å². The number of ether oxygens (including phenoxy) is 4. The molecule has 126 valence electrons. The molecular weight excluding hydrogens is 292 g/mol. The summed E-state index contributed by atoms with van der Waals surface area (Å²) in [5, 5.41) is 0. The van der Waals surface area contributed by atoms with E-state index in [0.29, 0.717) is 12.8 Å². The predicted octanol–water partition coefficient (Wildman–Crippen LogP) is -0.918. The van der Waals surface area contributed by atoms with E-state index in [2.05, 4.69) is 0 Å². The molecular formula is C14H24N2O6. The summed E-state index contributed by atoms with van der Waals surface area (Å²) in [5.41, 5.74) is 11.3. The SMILES string of the molecule is CCC(N)C(=O)OC1COC2C1OC[C@H]2OC(=O)C(N)CC. The summed E-state index contributed by atoms with van der Waals surface area (Å²) in [5.74, 6) is -0.956. The van der Waals surface area contributed by atoms with Crippen LogP contribution in [-0.2, 0) is 28.5 Å². The van der Waals surface area contributed by atoms with Gasteiger partial charge in [0.2, 0.25) is 0 Å². The smallest absolute Gasteiger partial charge is 0.323 e. The lowest BCUT2D eigenvalue weighted by Gasteiger charge is -2.19. The zero-order valence-corrected chi connectivity index (χ0v) is 12.9. The van der Waals surface area contributed by atoms with Crippen LogP contribution in [0, 0.1) is 0 Å². The number of hydrogen-bond acceptors (Lipinski definition) is 8. The maximum atomic E-state index is 11.7. The Morgan fingerprint density at radius 2 is 1.32 bits per heavy atom. The van der Waals surface area contributed by atoms with Crippen LogP contribution in [0.2, 0.25) is 0 Å². The van der Waals surface area contributed by atoms with Crippen molar-refractivity contribution in [2.24, 2.45) is 11.5 Å². The molecule has 5 unspecified atom stereocenters. The summed E-state index contributed by atoms with van der Waals surface area (Å²) < 4.78 is 21.8. The molecule has 2 aliphatic rings. The molecule has 0 aromatic carbocycles. The third-order valence-corrected chi connectivity index (χ3v) is 3.98. The van der Waals surface area contributed by atoms with Gasteiger partial charge in [0.1, 0.15) is 24.3 Å². The number of nitrogens with two attached hydrogens (primary N) is 2. The highest BCUT2D eigenvalue weighted by molar-refractivity contribution is 5.76.